The standard InChI is InChI=1S/C33H36BrFN2O4/c1-39-26-11-13-27(14-12-26)41-21-31(24-8-9-24)37-33(38)29-20-36-17-16-28(29)23-6-4-22(5-7-23)3-2-18-40-32-19-25(35)10-15-30(32)34/h4-7,10-15,19,24,31,36H,2-3,8-9,16-18,20-21H2,1H3,(H,37,38). The summed E-state index contributed by atoms with van der Waals surface area (Å²) in [5.74, 6) is 2.17. The van der Waals surface area contributed by atoms with Gasteiger partial charge in [-0.3, -0.25) is 4.79 Å². The molecule has 0 bridgehead atoms. The Morgan fingerprint density at radius 2 is 1.80 bits per heavy atom. The summed E-state index contributed by atoms with van der Waals surface area (Å²) in [5, 5.41) is 6.65. The fourth-order valence-electron chi connectivity index (χ4n) is 5.05. The SMILES string of the molecule is COc1ccc(OCC(NC(=O)C2=C(c3ccc(CCCOc4cc(F)ccc4Br)cc3)CCNC2)C2CC2)cc1. The third kappa shape index (κ3) is 8.11. The van der Waals surface area contributed by atoms with Crippen molar-refractivity contribution in [1.82, 2.24) is 10.6 Å². The molecule has 5 rings (SSSR count). The molecule has 2 N–H and O–H groups in total. The highest BCUT2D eigenvalue weighted by molar-refractivity contribution is 9.10. The second-order valence-electron chi connectivity index (χ2n) is 10.5. The first-order valence-electron chi connectivity index (χ1n) is 14.2. The molecule has 1 aliphatic heterocycles. The number of hydrogen-bond donors (Lipinski definition) is 2. The molecule has 0 saturated heterocycles. The van der Waals surface area contributed by atoms with Crippen LogP contribution in [-0.4, -0.2) is 45.4 Å². The van der Waals surface area contributed by atoms with Crippen LogP contribution < -0.4 is 24.8 Å². The highest BCUT2D eigenvalue weighted by Crippen LogP contribution is 2.34. The van der Waals surface area contributed by atoms with E-state index in [0.717, 1.165) is 71.3 Å². The zero-order chi connectivity index (χ0) is 28.6. The van der Waals surface area contributed by atoms with Crippen molar-refractivity contribution in [3.05, 3.63) is 93.7 Å². The van der Waals surface area contributed by atoms with Gasteiger partial charge in [0.25, 0.3) is 0 Å². The van der Waals surface area contributed by atoms with Gasteiger partial charge in [-0.1, -0.05) is 24.3 Å². The van der Waals surface area contributed by atoms with E-state index in [9.17, 15) is 9.18 Å². The van der Waals surface area contributed by atoms with Gasteiger partial charge in [0.2, 0.25) is 5.91 Å². The van der Waals surface area contributed by atoms with Crippen LogP contribution in [0.5, 0.6) is 17.2 Å². The molecule has 1 amide bonds. The molecule has 0 aromatic heterocycles. The second kappa shape index (κ2) is 14.0. The Morgan fingerprint density at radius 3 is 2.54 bits per heavy atom. The molecule has 1 heterocycles. The monoisotopic (exact) mass is 622 g/mol. The van der Waals surface area contributed by atoms with Crippen molar-refractivity contribution < 1.29 is 23.4 Å². The second-order valence-corrected chi connectivity index (χ2v) is 11.4. The Kier molecular flexibility index (Phi) is 9.96. The average Bonchev–Trinajstić information content (AvgIpc) is 3.85. The zero-order valence-corrected chi connectivity index (χ0v) is 24.8. The van der Waals surface area contributed by atoms with Gasteiger partial charge in [0.1, 0.15) is 29.7 Å². The van der Waals surface area contributed by atoms with E-state index >= 15 is 0 Å². The first kappa shape index (κ1) is 29.1. The zero-order valence-electron chi connectivity index (χ0n) is 23.3. The minimum absolute atomic E-state index is 0.0211. The Labute approximate surface area is 249 Å². The smallest absolute Gasteiger partial charge is 0.249 e. The average molecular weight is 624 g/mol. The van der Waals surface area contributed by atoms with Crippen LogP contribution in [0.4, 0.5) is 4.39 Å². The Morgan fingerprint density at radius 1 is 1.05 bits per heavy atom. The minimum atomic E-state index is -0.316. The van der Waals surface area contributed by atoms with Gasteiger partial charge < -0.3 is 24.8 Å². The maximum Gasteiger partial charge on any atom is 0.249 e. The number of aryl methyl sites for hydroxylation is 1. The lowest BCUT2D eigenvalue weighted by Gasteiger charge is -2.24. The summed E-state index contributed by atoms with van der Waals surface area (Å²) in [7, 11) is 1.64. The first-order valence-corrected chi connectivity index (χ1v) is 15.0. The third-order valence-corrected chi connectivity index (χ3v) is 8.21. The van der Waals surface area contributed by atoms with Crippen LogP contribution in [-0.2, 0) is 11.2 Å². The van der Waals surface area contributed by atoms with Crippen molar-refractivity contribution >= 4 is 27.4 Å². The van der Waals surface area contributed by atoms with Crippen molar-refractivity contribution in [1.29, 1.82) is 0 Å². The quantitative estimate of drug-likeness (QED) is 0.218. The number of ether oxygens (including phenoxy) is 3. The highest BCUT2D eigenvalue weighted by atomic mass is 79.9. The lowest BCUT2D eigenvalue weighted by atomic mass is 9.92. The molecule has 0 spiro atoms. The van der Waals surface area contributed by atoms with Crippen LogP contribution in [0.2, 0.25) is 0 Å². The van der Waals surface area contributed by atoms with Gasteiger partial charge in [-0.2, -0.15) is 0 Å². The molecule has 1 fully saturated rings. The molecule has 216 valence electrons. The molecule has 1 aliphatic carbocycles. The van der Waals surface area contributed by atoms with Crippen LogP contribution in [0.3, 0.4) is 0 Å². The molecule has 3 aromatic carbocycles. The number of carbonyl (C=O) groups is 1. The van der Waals surface area contributed by atoms with E-state index in [0.29, 0.717) is 31.4 Å². The maximum atomic E-state index is 13.5. The number of halogens is 2. The summed E-state index contributed by atoms with van der Waals surface area (Å²) < 4.78 is 31.2. The summed E-state index contributed by atoms with van der Waals surface area (Å²) in [6.45, 7) is 2.32. The molecule has 1 atom stereocenters. The number of hydrogen-bond acceptors (Lipinski definition) is 5. The Hall–Kier alpha value is -3.36. The number of carbonyl (C=O) groups excluding carboxylic acids is 1. The van der Waals surface area contributed by atoms with Gasteiger partial charge in [-0.05, 0) is 114 Å². The van der Waals surface area contributed by atoms with Gasteiger partial charge in [-0.25, -0.2) is 4.39 Å². The van der Waals surface area contributed by atoms with E-state index in [1.807, 2.05) is 24.3 Å². The minimum Gasteiger partial charge on any atom is -0.497 e. The van der Waals surface area contributed by atoms with E-state index < -0.39 is 0 Å². The number of amides is 1. The Bertz CT molecular complexity index is 1360. The van der Waals surface area contributed by atoms with E-state index in [1.54, 1.807) is 13.2 Å². The van der Waals surface area contributed by atoms with Gasteiger partial charge in [0.05, 0.1) is 24.2 Å². The molecule has 1 saturated carbocycles. The van der Waals surface area contributed by atoms with Gasteiger partial charge >= 0.3 is 0 Å². The van der Waals surface area contributed by atoms with Crippen LogP contribution >= 0.6 is 15.9 Å². The largest absolute Gasteiger partial charge is 0.497 e. The summed E-state index contributed by atoms with van der Waals surface area (Å²) in [5.41, 5.74) is 4.17. The molecular weight excluding hydrogens is 587 g/mol. The van der Waals surface area contributed by atoms with Gasteiger partial charge in [-0.15, -0.1) is 0 Å². The number of methoxy groups -OCH3 is 1. The summed E-state index contributed by atoms with van der Waals surface area (Å²) in [6.07, 6.45) is 4.66. The predicted octanol–water partition coefficient (Wildman–Crippen LogP) is 6.33. The lowest BCUT2D eigenvalue weighted by Crippen LogP contribution is -2.44. The molecular formula is C33H36BrFN2O4. The molecule has 6 nitrogen and oxygen atoms in total. The van der Waals surface area contributed by atoms with Crippen molar-refractivity contribution in [2.75, 3.05) is 33.4 Å². The molecule has 2 aliphatic rings. The van der Waals surface area contributed by atoms with Crippen LogP contribution in [0, 0.1) is 11.7 Å². The Balaban J connectivity index is 1.18. The summed E-state index contributed by atoms with van der Waals surface area (Å²) >= 11 is 3.39. The number of benzene rings is 3. The molecule has 8 heteroatoms. The normalized spacial score (nSPS) is 15.8. The van der Waals surface area contributed by atoms with E-state index in [4.69, 9.17) is 14.2 Å². The van der Waals surface area contributed by atoms with E-state index in [1.165, 1.54) is 17.7 Å². The van der Waals surface area contributed by atoms with E-state index in [2.05, 4.69) is 50.8 Å². The van der Waals surface area contributed by atoms with Crippen LogP contribution in [0.25, 0.3) is 5.57 Å². The topological polar surface area (TPSA) is 68.8 Å². The first-order chi connectivity index (χ1) is 20.0. The van der Waals surface area contributed by atoms with Gasteiger partial charge in [0, 0.05) is 18.2 Å². The van der Waals surface area contributed by atoms with Crippen LogP contribution in [0.1, 0.15) is 36.8 Å². The summed E-state index contributed by atoms with van der Waals surface area (Å²) in [6, 6.07) is 20.4. The van der Waals surface area contributed by atoms with Crippen molar-refractivity contribution in [2.45, 2.75) is 38.1 Å². The van der Waals surface area contributed by atoms with Crippen LogP contribution in [0.15, 0.2) is 76.8 Å². The predicted molar refractivity (Wildman–Crippen MR) is 162 cm³/mol. The lowest BCUT2D eigenvalue weighted by molar-refractivity contribution is -0.118. The van der Waals surface area contributed by atoms with Gasteiger partial charge in [0.15, 0.2) is 0 Å². The number of rotatable bonds is 13. The third-order valence-electron chi connectivity index (χ3n) is 7.55. The van der Waals surface area contributed by atoms with Crippen molar-refractivity contribution in [3.8, 4) is 17.2 Å². The van der Waals surface area contributed by atoms with Crippen molar-refractivity contribution in [2.24, 2.45) is 5.92 Å². The van der Waals surface area contributed by atoms with Crippen molar-refractivity contribution in [3.63, 3.8) is 0 Å². The molecule has 0 radical (unpaired) electrons. The summed E-state index contributed by atoms with van der Waals surface area (Å²) in [4.78, 5) is 13.5. The fraction of sp³-hybridized carbons (Fsp3) is 0.364. The molecule has 1 unspecified atom stereocenters. The van der Waals surface area contributed by atoms with E-state index in [-0.39, 0.29) is 17.8 Å². The fourth-order valence-corrected chi connectivity index (χ4v) is 5.41. The molecule has 41 heavy (non-hydrogen) atoms. The maximum absolute atomic E-state index is 13.5. The molecule has 3 aromatic rings. The highest BCUT2D eigenvalue weighted by Gasteiger charge is 2.34. The number of nitrogens with one attached hydrogen (secondary N) is 2.